The average molecular weight is 488 g/mol. The Morgan fingerprint density at radius 1 is 1.15 bits per heavy atom. The Labute approximate surface area is 193 Å². The molecule has 0 unspecified atom stereocenters. The first-order chi connectivity index (χ1) is 15.6. The van der Waals surface area contributed by atoms with Crippen LogP contribution in [0.3, 0.4) is 0 Å². The van der Waals surface area contributed by atoms with E-state index in [0.29, 0.717) is 10.6 Å². The van der Waals surface area contributed by atoms with E-state index in [1.54, 1.807) is 18.4 Å². The maximum Gasteiger partial charge on any atom is 0.338 e. The summed E-state index contributed by atoms with van der Waals surface area (Å²) in [5.74, 6) is -2.05. The summed E-state index contributed by atoms with van der Waals surface area (Å²) in [5.41, 5.74) is 0.732. The molecule has 3 aromatic rings. The number of nitrogens with one attached hydrogen (secondary N) is 2. The zero-order valence-corrected chi connectivity index (χ0v) is 19.1. The number of hydrogen-bond donors (Lipinski definition) is 2. The summed E-state index contributed by atoms with van der Waals surface area (Å²) in [6.45, 7) is 2.91. The highest BCUT2D eigenvalue weighted by molar-refractivity contribution is 7.92. The van der Waals surface area contributed by atoms with Gasteiger partial charge in [-0.3, -0.25) is 9.52 Å². The Kier molecular flexibility index (Phi) is 7.10. The molecule has 2 N–H and O–H groups in total. The Balaban J connectivity index is 1.75. The molecule has 3 rings (SSSR count). The van der Waals surface area contributed by atoms with Gasteiger partial charge in [-0.05, 0) is 67.3 Å². The van der Waals surface area contributed by atoms with Gasteiger partial charge in [0.15, 0.2) is 6.10 Å². The van der Waals surface area contributed by atoms with Crippen molar-refractivity contribution in [1.82, 2.24) is 0 Å². The molecule has 33 heavy (non-hydrogen) atoms. The van der Waals surface area contributed by atoms with E-state index >= 15 is 0 Å². The molecule has 2 aromatic carbocycles. The minimum Gasteiger partial charge on any atom is -0.449 e. The van der Waals surface area contributed by atoms with Crippen molar-refractivity contribution in [3.63, 3.8) is 0 Å². The van der Waals surface area contributed by atoms with Gasteiger partial charge < -0.3 is 10.1 Å². The molecule has 0 aliphatic rings. The van der Waals surface area contributed by atoms with Gasteiger partial charge in [0.1, 0.15) is 16.9 Å². The number of aryl methyl sites for hydroxylation is 1. The van der Waals surface area contributed by atoms with Gasteiger partial charge in [0.05, 0.1) is 16.0 Å². The summed E-state index contributed by atoms with van der Waals surface area (Å²) < 4.78 is 46.2. The van der Waals surface area contributed by atoms with Gasteiger partial charge in [-0.15, -0.1) is 11.3 Å². The molecule has 0 saturated heterocycles. The summed E-state index contributed by atoms with van der Waals surface area (Å²) in [5, 5.41) is 13.5. The zero-order valence-electron chi connectivity index (χ0n) is 17.5. The van der Waals surface area contributed by atoms with Gasteiger partial charge in [0.25, 0.3) is 15.9 Å². The molecule has 170 valence electrons. The van der Waals surface area contributed by atoms with E-state index in [9.17, 15) is 22.4 Å². The highest BCUT2D eigenvalue weighted by Crippen LogP contribution is 2.24. The summed E-state index contributed by atoms with van der Waals surface area (Å²) in [4.78, 5) is 24.7. The number of esters is 1. The predicted octanol–water partition coefficient (Wildman–Crippen LogP) is 4.05. The topological polar surface area (TPSA) is 125 Å². The number of sulfonamides is 1. The fraction of sp³-hybridized carbons (Fsp3) is 0.136. The van der Waals surface area contributed by atoms with Crippen molar-refractivity contribution >= 4 is 43.9 Å². The minimum absolute atomic E-state index is 0.0754. The van der Waals surface area contributed by atoms with E-state index in [0.717, 1.165) is 29.5 Å². The largest absolute Gasteiger partial charge is 0.449 e. The Bertz CT molecular complexity index is 1350. The van der Waals surface area contributed by atoms with Crippen LogP contribution in [0.4, 0.5) is 15.1 Å². The van der Waals surface area contributed by atoms with Crippen LogP contribution in [0.1, 0.15) is 28.4 Å². The van der Waals surface area contributed by atoms with Crippen molar-refractivity contribution in [2.24, 2.45) is 0 Å². The molecule has 1 aromatic heterocycles. The van der Waals surface area contributed by atoms with Crippen molar-refractivity contribution in [2.45, 2.75) is 24.8 Å². The summed E-state index contributed by atoms with van der Waals surface area (Å²) in [6, 6.07) is 12.2. The third-order valence-electron chi connectivity index (χ3n) is 4.49. The Hall–Kier alpha value is -3.75. The molecule has 1 atom stereocenters. The number of amides is 1. The van der Waals surface area contributed by atoms with Crippen molar-refractivity contribution in [3.8, 4) is 6.07 Å². The van der Waals surface area contributed by atoms with Gasteiger partial charge in [-0.1, -0.05) is 6.07 Å². The molecule has 0 aliphatic carbocycles. The molecule has 1 heterocycles. The lowest BCUT2D eigenvalue weighted by atomic mass is 10.1. The second kappa shape index (κ2) is 9.81. The lowest BCUT2D eigenvalue weighted by molar-refractivity contribution is -0.123. The summed E-state index contributed by atoms with van der Waals surface area (Å²) in [6.07, 6.45) is -1.20. The number of nitrogens with zero attached hydrogens (tertiary/aromatic N) is 1. The molecule has 1 amide bonds. The highest BCUT2D eigenvalue weighted by Gasteiger charge is 2.23. The van der Waals surface area contributed by atoms with E-state index in [1.165, 1.54) is 31.2 Å². The number of benzene rings is 2. The Morgan fingerprint density at radius 3 is 2.52 bits per heavy atom. The van der Waals surface area contributed by atoms with Crippen LogP contribution in [-0.2, 0) is 19.6 Å². The zero-order chi connectivity index (χ0) is 24.2. The van der Waals surface area contributed by atoms with Crippen LogP contribution in [0.15, 0.2) is 58.8 Å². The van der Waals surface area contributed by atoms with Crippen molar-refractivity contribution in [1.29, 1.82) is 5.26 Å². The minimum atomic E-state index is -4.09. The normalized spacial score (nSPS) is 11.8. The van der Waals surface area contributed by atoms with Crippen LogP contribution < -0.4 is 10.0 Å². The van der Waals surface area contributed by atoms with Gasteiger partial charge >= 0.3 is 5.97 Å². The quantitative estimate of drug-likeness (QED) is 0.484. The van der Waals surface area contributed by atoms with E-state index in [-0.39, 0.29) is 21.7 Å². The molecule has 11 heteroatoms. The van der Waals surface area contributed by atoms with Crippen molar-refractivity contribution < 1.29 is 27.1 Å². The van der Waals surface area contributed by atoms with Gasteiger partial charge in [0.2, 0.25) is 0 Å². The number of rotatable bonds is 7. The molecule has 0 radical (unpaired) electrons. The van der Waals surface area contributed by atoms with E-state index < -0.39 is 33.8 Å². The summed E-state index contributed by atoms with van der Waals surface area (Å²) in [7, 11) is -4.09. The molecule has 0 bridgehead atoms. The first kappa shape index (κ1) is 23.9. The summed E-state index contributed by atoms with van der Waals surface area (Å²) >= 11 is 1.15. The van der Waals surface area contributed by atoms with Gasteiger partial charge in [0, 0.05) is 5.69 Å². The van der Waals surface area contributed by atoms with Crippen LogP contribution in [0.25, 0.3) is 0 Å². The number of carbonyl (C=O) groups is 2. The molecule has 0 saturated carbocycles. The van der Waals surface area contributed by atoms with Crippen LogP contribution in [0, 0.1) is 24.1 Å². The SMILES string of the molecule is Cc1ccc(C(=O)O[C@H](C)C(=O)Nc2sccc2C#N)cc1S(=O)(=O)Nc1ccc(F)cc1. The lowest BCUT2D eigenvalue weighted by Crippen LogP contribution is -2.30. The monoisotopic (exact) mass is 487 g/mol. The highest BCUT2D eigenvalue weighted by atomic mass is 32.2. The second-order valence-electron chi connectivity index (χ2n) is 6.90. The van der Waals surface area contributed by atoms with Crippen LogP contribution >= 0.6 is 11.3 Å². The van der Waals surface area contributed by atoms with E-state index in [4.69, 9.17) is 10.00 Å². The molecule has 0 aliphatic heterocycles. The molecule has 8 nitrogen and oxygen atoms in total. The number of anilines is 2. The standard InChI is InChI=1S/C22H18FN3O5S2/c1-13-3-4-15(11-19(13)33(29,30)26-18-7-5-17(23)6-8-18)22(28)31-14(2)20(27)25-21-16(12-24)9-10-32-21/h3-11,14,26H,1-2H3,(H,25,27)/t14-/m1/s1. The van der Waals surface area contributed by atoms with Gasteiger partial charge in [-0.25, -0.2) is 17.6 Å². The first-order valence-corrected chi connectivity index (χ1v) is 11.9. The van der Waals surface area contributed by atoms with E-state index in [1.807, 2.05) is 6.07 Å². The van der Waals surface area contributed by atoms with Crippen LogP contribution in [-0.4, -0.2) is 26.4 Å². The average Bonchev–Trinajstić information content (AvgIpc) is 3.22. The fourth-order valence-electron chi connectivity index (χ4n) is 2.73. The smallest absolute Gasteiger partial charge is 0.338 e. The fourth-order valence-corrected chi connectivity index (χ4v) is 4.81. The molecular weight excluding hydrogens is 469 g/mol. The first-order valence-electron chi connectivity index (χ1n) is 9.49. The second-order valence-corrected chi connectivity index (χ2v) is 9.47. The Morgan fingerprint density at radius 2 is 1.85 bits per heavy atom. The maximum atomic E-state index is 13.1. The number of nitriles is 1. The molecular formula is C22H18FN3O5S2. The van der Waals surface area contributed by atoms with Crippen molar-refractivity contribution in [2.75, 3.05) is 10.0 Å². The lowest BCUT2D eigenvalue weighted by Gasteiger charge is -2.15. The van der Waals surface area contributed by atoms with Crippen molar-refractivity contribution in [3.05, 3.63) is 76.4 Å². The number of ether oxygens (including phenoxy) is 1. The molecule has 0 spiro atoms. The molecule has 0 fully saturated rings. The maximum absolute atomic E-state index is 13.1. The third kappa shape index (κ3) is 5.74. The van der Waals surface area contributed by atoms with Crippen LogP contribution in [0.5, 0.6) is 0 Å². The van der Waals surface area contributed by atoms with E-state index in [2.05, 4.69) is 10.0 Å². The van der Waals surface area contributed by atoms with Gasteiger partial charge in [-0.2, -0.15) is 5.26 Å². The predicted molar refractivity (Wildman–Crippen MR) is 121 cm³/mol. The number of hydrogen-bond acceptors (Lipinski definition) is 7. The number of thiophene rings is 1. The number of carbonyl (C=O) groups excluding carboxylic acids is 2. The van der Waals surface area contributed by atoms with Crippen LogP contribution in [0.2, 0.25) is 0 Å². The third-order valence-corrected chi connectivity index (χ3v) is 6.84. The number of halogens is 1.